The van der Waals surface area contributed by atoms with E-state index in [1.807, 2.05) is 23.5 Å². The van der Waals surface area contributed by atoms with Crippen molar-refractivity contribution >= 4 is 34.5 Å². The topological polar surface area (TPSA) is 35.6 Å². The SMILES string of the molecule is CCc1nn(C)c2c1nc(CCCl)n2CCSC. The summed E-state index contributed by atoms with van der Waals surface area (Å²) >= 11 is 7.71. The monoisotopic (exact) mass is 286 g/mol. The van der Waals surface area contributed by atoms with Crippen LogP contribution in [0.1, 0.15) is 18.4 Å². The van der Waals surface area contributed by atoms with E-state index in [9.17, 15) is 0 Å². The molecule has 2 heterocycles. The fraction of sp³-hybridized carbons (Fsp3) is 0.667. The zero-order valence-electron chi connectivity index (χ0n) is 11.1. The minimum absolute atomic E-state index is 0.609. The maximum atomic E-state index is 5.87. The second-order valence-electron chi connectivity index (χ2n) is 4.21. The summed E-state index contributed by atoms with van der Waals surface area (Å²) in [5, 5.41) is 4.53. The average Bonchev–Trinajstić information content (AvgIpc) is 2.86. The van der Waals surface area contributed by atoms with Crippen molar-refractivity contribution < 1.29 is 0 Å². The zero-order chi connectivity index (χ0) is 13.1. The minimum Gasteiger partial charge on any atom is -0.312 e. The van der Waals surface area contributed by atoms with Gasteiger partial charge < -0.3 is 4.57 Å². The molecule has 4 nitrogen and oxygen atoms in total. The highest BCUT2D eigenvalue weighted by atomic mass is 35.5. The Kier molecular flexibility index (Phi) is 4.56. The number of hydrogen-bond acceptors (Lipinski definition) is 3. The van der Waals surface area contributed by atoms with Crippen LogP contribution in [0.15, 0.2) is 0 Å². The molecule has 6 heteroatoms. The number of hydrogen-bond donors (Lipinski definition) is 0. The first-order valence-corrected chi connectivity index (χ1v) is 8.11. The number of rotatable bonds is 6. The number of nitrogens with zero attached hydrogens (tertiary/aromatic N) is 4. The third-order valence-corrected chi connectivity index (χ3v) is 3.82. The second-order valence-corrected chi connectivity index (χ2v) is 5.57. The minimum atomic E-state index is 0.609. The van der Waals surface area contributed by atoms with Crippen molar-refractivity contribution in [1.82, 2.24) is 19.3 Å². The van der Waals surface area contributed by atoms with Crippen molar-refractivity contribution in [2.24, 2.45) is 7.05 Å². The number of alkyl halides is 1. The molecule has 0 saturated carbocycles. The van der Waals surface area contributed by atoms with Gasteiger partial charge in [0.1, 0.15) is 11.3 Å². The Morgan fingerprint density at radius 2 is 2.17 bits per heavy atom. The number of aromatic nitrogens is 4. The molecule has 100 valence electrons. The Labute approximate surface area is 117 Å². The van der Waals surface area contributed by atoms with Gasteiger partial charge in [-0.25, -0.2) is 4.98 Å². The summed E-state index contributed by atoms with van der Waals surface area (Å²) in [7, 11) is 1.99. The van der Waals surface area contributed by atoms with Crippen molar-refractivity contribution in [3.8, 4) is 0 Å². The Bertz CT molecular complexity index is 532. The van der Waals surface area contributed by atoms with Crippen molar-refractivity contribution in [1.29, 1.82) is 0 Å². The Morgan fingerprint density at radius 3 is 2.78 bits per heavy atom. The largest absolute Gasteiger partial charge is 0.312 e. The van der Waals surface area contributed by atoms with Gasteiger partial charge in [-0.05, 0) is 12.7 Å². The molecule has 0 saturated heterocycles. The highest BCUT2D eigenvalue weighted by Crippen LogP contribution is 2.21. The maximum absolute atomic E-state index is 5.87. The van der Waals surface area contributed by atoms with Crippen LogP contribution in [0, 0.1) is 0 Å². The van der Waals surface area contributed by atoms with Crippen LogP contribution in [0.25, 0.3) is 11.2 Å². The molecule has 0 aliphatic heterocycles. The molecule has 0 aromatic carbocycles. The van der Waals surface area contributed by atoms with Gasteiger partial charge in [-0.1, -0.05) is 6.92 Å². The van der Waals surface area contributed by atoms with Crippen LogP contribution in [0.5, 0.6) is 0 Å². The Balaban J connectivity index is 2.53. The Morgan fingerprint density at radius 1 is 1.39 bits per heavy atom. The summed E-state index contributed by atoms with van der Waals surface area (Å²) in [4.78, 5) is 4.73. The molecule has 0 fully saturated rings. The van der Waals surface area contributed by atoms with Gasteiger partial charge in [0.2, 0.25) is 0 Å². The van der Waals surface area contributed by atoms with Gasteiger partial charge in [-0.15, -0.1) is 11.6 Å². The normalized spacial score (nSPS) is 11.6. The average molecular weight is 287 g/mol. The van der Waals surface area contributed by atoms with E-state index in [0.29, 0.717) is 5.88 Å². The molecule has 0 aliphatic carbocycles. The van der Waals surface area contributed by atoms with Crippen LogP contribution in [-0.4, -0.2) is 37.2 Å². The van der Waals surface area contributed by atoms with Crippen molar-refractivity contribution in [2.75, 3.05) is 17.9 Å². The van der Waals surface area contributed by atoms with Gasteiger partial charge in [0.15, 0.2) is 5.65 Å². The quantitative estimate of drug-likeness (QED) is 0.766. The number of thioether (sulfide) groups is 1. The summed E-state index contributed by atoms with van der Waals surface area (Å²) < 4.78 is 4.21. The van der Waals surface area contributed by atoms with Crippen LogP contribution < -0.4 is 0 Å². The molecule has 18 heavy (non-hydrogen) atoms. The standard InChI is InChI=1S/C12H19ClN4S/c1-4-9-11-12(16(2)15-9)17(7-8-18-3)10(14-11)5-6-13/h4-8H2,1-3H3. The number of aryl methyl sites for hydroxylation is 4. The van der Waals surface area contributed by atoms with E-state index >= 15 is 0 Å². The van der Waals surface area contributed by atoms with E-state index in [-0.39, 0.29) is 0 Å². The third-order valence-electron chi connectivity index (χ3n) is 3.04. The lowest BCUT2D eigenvalue weighted by atomic mass is 10.3. The van der Waals surface area contributed by atoms with E-state index in [1.54, 1.807) is 0 Å². The first-order valence-electron chi connectivity index (χ1n) is 6.18. The molecule has 0 N–H and O–H groups in total. The van der Waals surface area contributed by atoms with Crippen LogP contribution in [0.2, 0.25) is 0 Å². The van der Waals surface area contributed by atoms with Crippen LogP contribution in [0.3, 0.4) is 0 Å². The lowest BCUT2D eigenvalue weighted by Crippen LogP contribution is -2.09. The molecule has 0 amide bonds. The molecule has 2 rings (SSSR count). The summed E-state index contributed by atoms with van der Waals surface area (Å²) in [5.74, 6) is 2.77. The predicted molar refractivity (Wildman–Crippen MR) is 78.7 cm³/mol. The molecule has 0 atom stereocenters. The Hall–Kier alpha value is -0.680. The van der Waals surface area contributed by atoms with Gasteiger partial charge in [0.25, 0.3) is 0 Å². The lowest BCUT2D eigenvalue weighted by Gasteiger charge is -2.07. The fourth-order valence-corrected chi connectivity index (χ4v) is 2.75. The van der Waals surface area contributed by atoms with Crippen molar-refractivity contribution in [3.63, 3.8) is 0 Å². The first-order chi connectivity index (χ1) is 8.72. The zero-order valence-corrected chi connectivity index (χ0v) is 12.7. The lowest BCUT2D eigenvalue weighted by molar-refractivity contribution is 0.677. The van der Waals surface area contributed by atoms with Crippen molar-refractivity contribution in [2.45, 2.75) is 26.3 Å². The maximum Gasteiger partial charge on any atom is 0.158 e. The van der Waals surface area contributed by atoms with Crippen LogP contribution in [-0.2, 0) is 26.4 Å². The molecule has 0 aliphatic rings. The van der Waals surface area contributed by atoms with Crippen LogP contribution >= 0.6 is 23.4 Å². The fourth-order valence-electron chi connectivity index (χ4n) is 2.22. The van der Waals surface area contributed by atoms with Gasteiger partial charge >= 0.3 is 0 Å². The van der Waals surface area contributed by atoms with Gasteiger partial charge in [0.05, 0.1) is 5.69 Å². The van der Waals surface area contributed by atoms with E-state index in [4.69, 9.17) is 16.6 Å². The van der Waals surface area contributed by atoms with Gasteiger partial charge in [-0.2, -0.15) is 16.9 Å². The molecule has 0 unspecified atom stereocenters. The summed E-state index contributed by atoms with van der Waals surface area (Å²) in [6, 6.07) is 0. The van der Waals surface area contributed by atoms with E-state index in [0.717, 1.165) is 47.8 Å². The highest BCUT2D eigenvalue weighted by molar-refractivity contribution is 7.98. The highest BCUT2D eigenvalue weighted by Gasteiger charge is 2.17. The van der Waals surface area contributed by atoms with E-state index < -0.39 is 0 Å². The van der Waals surface area contributed by atoms with Gasteiger partial charge in [-0.3, -0.25) is 4.68 Å². The third kappa shape index (κ3) is 2.38. The molecule has 0 spiro atoms. The smallest absolute Gasteiger partial charge is 0.158 e. The molecule has 0 bridgehead atoms. The molecule has 2 aromatic rings. The summed E-state index contributed by atoms with van der Waals surface area (Å²) in [6.45, 7) is 3.08. The van der Waals surface area contributed by atoms with Gasteiger partial charge in [0, 0.05) is 31.6 Å². The number of fused-ring (bicyclic) bond motifs is 1. The first kappa shape index (κ1) is 13.7. The predicted octanol–water partition coefficient (Wildman–Crippen LogP) is 2.48. The second kappa shape index (κ2) is 5.97. The molecular weight excluding hydrogens is 268 g/mol. The van der Waals surface area contributed by atoms with Crippen molar-refractivity contribution in [3.05, 3.63) is 11.5 Å². The van der Waals surface area contributed by atoms with E-state index in [1.165, 1.54) is 0 Å². The van der Waals surface area contributed by atoms with Crippen LogP contribution in [0.4, 0.5) is 0 Å². The van der Waals surface area contributed by atoms with E-state index in [2.05, 4.69) is 22.8 Å². The molecule has 0 radical (unpaired) electrons. The number of halogens is 1. The number of imidazole rings is 1. The molecule has 2 aromatic heterocycles. The molecular formula is C12H19ClN4S. The summed E-state index contributed by atoms with van der Waals surface area (Å²) in [6.07, 6.45) is 3.85. The summed E-state index contributed by atoms with van der Waals surface area (Å²) in [5.41, 5.74) is 3.24.